The molecule has 5 nitrogen and oxygen atoms in total. The van der Waals surface area contributed by atoms with Gasteiger partial charge in [0.25, 0.3) is 0 Å². The van der Waals surface area contributed by atoms with Crippen molar-refractivity contribution in [2.75, 3.05) is 14.1 Å². The second-order valence-corrected chi connectivity index (χ2v) is 10.6. The molecular weight excluding hydrogens is 511 g/mol. The number of rotatable bonds is 6. The first kappa shape index (κ1) is 25.7. The van der Waals surface area contributed by atoms with Crippen LogP contribution >= 0.6 is 42.4 Å². The van der Waals surface area contributed by atoms with E-state index in [1.54, 1.807) is 24.3 Å². The first-order valence-corrected chi connectivity index (χ1v) is 12.5. The number of hydrogen-bond acceptors (Lipinski definition) is 2. The minimum absolute atomic E-state index is 0.143. The van der Waals surface area contributed by atoms with Crippen LogP contribution in [0.5, 0.6) is 0 Å². The van der Waals surface area contributed by atoms with Gasteiger partial charge in [0.05, 0.1) is 10.0 Å². The molecule has 174 valence electrons. The largest absolute Gasteiger partial charge is 0.348 e. The molecule has 33 heavy (non-hydrogen) atoms. The Labute approximate surface area is 205 Å². The molecule has 0 aliphatic rings. The molecule has 0 saturated heterocycles. The second kappa shape index (κ2) is 10.1. The minimum Gasteiger partial charge on any atom is -0.348 e. The van der Waals surface area contributed by atoms with Crippen molar-refractivity contribution in [3.63, 3.8) is 0 Å². The summed E-state index contributed by atoms with van der Waals surface area (Å²) >= 11 is 18.3. The van der Waals surface area contributed by atoms with Crippen LogP contribution in [0, 0.1) is 5.82 Å². The first-order chi connectivity index (χ1) is 15.4. The van der Waals surface area contributed by atoms with E-state index >= 15 is 4.39 Å². The van der Waals surface area contributed by atoms with Gasteiger partial charge in [0.1, 0.15) is 5.82 Å². The quantitative estimate of drug-likeness (QED) is 0.288. The molecule has 0 bridgehead atoms. The van der Waals surface area contributed by atoms with Gasteiger partial charge in [0.15, 0.2) is 5.66 Å². The van der Waals surface area contributed by atoms with Gasteiger partial charge in [-0.3, -0.25) is 9.36 Å². The molecule has 1 atom stereocenters. The van der Waals surface area contributed by atoms with Crippen LogP contribution in [0.1, 0.15) is 22.3 Å². The number of nitrogens with zero attached hydrogens (tertiary/aromatic N) is 1. The molecule has 0 fully saturated rings. The van der Waals surface area contributed by atoms with Crippen molar-refractivity contribution in [1.82, 2.24) is 4.90 Å². The van der Waals surface area contributed by atoms with Gasteiger partial charge in [-0.15, -0.1) is 0 Å². The molecule has 3 aromatic carbocycles. The van der Waals surface area contributed by atoms with E-state index in [0.29, 0.717) is 37.3 Å². The zero-order valence-electron chi connectivity index (χ0n) is 17.6. The number of hydrogen-bond donors (Lipinski definition) is 2. The van der Waals surface area contributed by atoms with Gasteiger partial charge in [-0.1, -0.05) is 77.3 Å². The molecule has 0 aliphatic carbocycles. The van der Waals surface area contributed by atoms with E-state index in [9.17, 15) is 19.1 Å². The minimum atomic E-state index is -4.76. The molecule has 0 radical (unpaired) electrons. The smallest absolute Gasteiger partial charge is 0.342 e. The summed E-state index contributed by atoms with van der Waals surface area (Å²) in [7, 11) is -1.93. The van der Waals surface area contributed by atoms with Gasteiger partial charge in [-0.05, 0) is 34.4 Å². The van der Waals surface area contributed by atoms with E-state index < -0.39 is 25.0 Å². The number of halogens is 4. The van der Waals surface area contributed by atoms with Crippen LogP contribution in [0.15, 0.2) is 54.6 Å². The first-order valence-electron chi connectivity index (χ1n) is 9.67. The molecule has 0 aliphatic heterocycles. The maximum absolute atomic E-state index is 15.4. The number of carbonyl (C=O) groups is 1. The summed E-state index contributed by atoms with van der Waals surface area (Å²) in [6, 6.07) is 13.9. The van der Waals surface area contributed by atoms with Gasteiger partial charge in [0.2, 0.25) is 5.91 Å². The van der Waals surface area contributed by atoms with E-state index in [2.05, 4.69) is 0 Å². The topological polar surface area (TPSA) is 77.8 Å². The highest BCUT2D eigenvalue weighted by molar-refractivity contribution is 7.53. The summed E-state index contributed by atoms with van der Waals surface area (Å²) in [6.45, 7) is 0. The van der Waals surface area contributed by atoms with Crippen LogP contribution in [0.25, 0.3) is 11.1 Å². The fourth-order valence-electron chi connectivity index (χ4n) is 3.41. The molecule has 3 aromatic rings. The average Bonchev–Trinajstić information content (AvgIpc) is 2.73. The Bertz CT molecular complexity index is 1250. The molecule has 0 saturated carbocycles. The fraction of sp³-hybridized carbons (Fsp3) is 0.174. The SMILES string of the molecule is CN(C)C(=O)C(c1ccc(-c2cccc(Cc3cc(Cl)c(Cl)cc3Cl)c2F)cc1)P(=O)(O)O. The molecule has 1 unspecified atom stereocenters. The van der Waals surface area contributed by atoms with E-state index in [-0.39, 0.29) is 12.0 Å². The van der Waals surface area contributed by atoms with Crippen molar-refractivity contribution in [2.24, 2.45) is 0 Å². The molecule has 10 heteroatoms. The Morgan fingerprint density at radius 2 is 1.58 bits per heavy atom. The van der Waals surface area contributed by atoms with Gasteiger partial charge >= 0.3 is 7.60 Å². The summed E-state index contributed by atoms with van der Waals surface area (Å²) in [5.41, 5.74) is 0.290. The molecule has 1 amide bonds. The summed E-state index contributed by atoms with van der Waals surface area (Å²) in [4.78, 5) is 32.8. The van der Waals surface area contributed by atoms with Crippen molar-refractivity contribution < 1.29 is 23.5 Å². The standard InChI is InChI=1S/C23H20Cl3FNO4P/c1-28(2)23(29)22(33(30,31)32)14-8-6-13(7-9-14)17-5-3-4-15(21(17)27)10-16-11-19(25)20(26)12-18(16)24/h3-9,11-12,22H,10H2,1-2H3,(H2,30,31,32). The maximum atomic E-state index is 15.4. The maximum Gasteiger partial charge on any atom is 0.342 e. The summed E-state index contributed by atoms with van der Waals surface area (Å²) < 4.78 is 27.3. The lowest BCUT2D eigenvalue weighted by Crippen LogP contribution is -2.28. The fourth-order valence-corrected chi connectivity index (χ4v) is 5.13. The number of carbonyl (C=O) groups excluding carboxylic acids is 1. The van der Waals surface area contributed by atoms with E-state index in [4.69, 9.17) is 34.8 Å². The van der Waals surface area contributed by atoms with Crippen molar-refractivity contribution in [2.45, 2.75) is 12.1 Å². The normalized spacial score (nSPS) is 12.5. The van der Waals surface area contributed by atoms with Gasteiger partial charge in [-0.2, -0.15) is 0 Å². The van der Waals surface area contributed by atoms with E-state index in [1.165, 1.54) is 44.4 Å². The van der Waals surface area contributed by atoms with Crippen molar-refractivity contribution in [3.8, 4) is 11.1 Å². The summed E-state index contributed by atoms with van der Waals surface area (Å²) in [5, 5.41) is 0.990. The molecule has 2 N–H and O–H groups in total. The predicted molar refractivity (Wildman–Crippen MR) is 130 cm³/mol. The third kappa shape index (κ3) is 5.78. The number of amides is 1. The van der Waals surface area contributed by atoms with Gasteiger partial charge in [-0.25, -0.2) is 4.39 Å². The summed E-state index contributed by atoms with van der Waals surface area (Å²) in [6.07, 6.45) is 0.186. The van der Waals surface area contributed by atoms with Crippen LogP contribution in [-0.4, -0.2) is 34.7 Å². The Hall–Kier alpha value is -1.92. The Morgan fingerprint density at radius 3 is 2.15 bits per heavy atom. The lowest BCUT2D eigenvalue weighted by Gasteiger charge is -2.22. The summed E-state index contributed by atoms with van der Waals surface area (Å²) in [5.74, 6) is -1.19. The zero-order chi connectivity index (χ0) is 24.5. The molecule has 0 aromatic heterocycles. The molecule has 3 rings (SSSR count). The highest BCUT2D eigenvalue weighted by atomic mass is 35.5. The van der Waals surface area contributed by atoms with E-state index in [1.807, 2.05) is 0 Å². The molecule has 0 heterocycles. The second-order valence-electron chi connectivity index (χ2n) is 7.66. The molecular formula is C23H20Cl3FNO4P. The monoisotopic (exact) mass is 529 g/mol. The van der Waals surface area contributed by atoms with Crippen molar-refractivity contribution in [1.29, 1.82) is 0 Å². The Balaban J connectivity index is 1.96. The van der Waals surface area contributed by atoms with Crippen LogP contribution in [0.2, 0.25) is 15.1 Å². The van der Waals surface area contributed by atoms with Crippen molar-refractivity contribution in [3.05, 3.63) is 92.2 Å². The van der Waals surface area contributed by atoms with Crippen LogP contribution in [-0.2, 0) is 15.8 Å². The van der Waals surface area contributed by atoms with Crippen LogP contribution < -0.4 is 0 Å². The van der Waals surface area contributed by atoms with Gasteiger partial charge in [0, 0.05) is 31.1 Å². The number of likely N-dealkylation sites (N-methyl/N-ethyl adjacent to an activating group) is 1. The molecule has 0 spiro atoms. The highest BCUT2D eigenvalue weighted by Gasteiger charge is 2.38. The van der Waals surface area contributed by atoms with Crippen LogP contribution in [0.4, 0.5) is 4.39 Å². The third-order valence-corrected chi connectivity index (χ3v) is 7.36. The number of benzene rings is 3. The van der Waals surface area contributed by atoms with Crippen molar-refractivity contribution >= 4 is 48.3 Å². The van der Waals surface area contributed by atoms with Crippen LogP contribution in [0.3, 0.4) is 0 Å². The average molecular weight is 531 g/mol. The lowest BCUT2D eigenvalue weighted by atomic mass is 9.97. The predicted octanol–water partition coefficient (Wildman–Crippen LogP) is 6.35. The zero-order valence-corrected chi connectivity index (χ0v) is 20.8. The van der Waals surface area contributed by atoms with E-state index in [0.717, 1.165) is 4.90 Å². The Kier molecular flexibility index (Phi) is 7.90. The lowest BCUT2D eigenvalue weighted by molar-refractivity contribution is -0.128. The van der Waals surface area contributed by atoms with Gasteiger partial charge < -0.3 is 14.7 Å². The Morgan fingerprint density at radius 1 is 0.970 bits per heavy atom. The highest BCUT2D eigenvalue weighted by Crippen LogP contribution is 2.52. The third-order valence-electron chi connectivity index (χ3n) is 5.10.